The fraction of sp³-hybridized carbons (Fsp3) is 1.00. The Morgan fingerprint density at radius 3 is 1.70 bits per heavy atom. The van der Waals surface area contributed by atoms with Gasteiger partial charge < -0.3 is 5.11 Å². The van der Waals surface area contributed by atoms with E-state index in [2.05, 4.69) is 27.7 Å². The van der Waals surface area contributed by atoms with E-state index in [0.717, 1.165) is 6.42 Å². The highest BCUT2D eigenvalue weighted by atomic mass is 16.3. The van der Waals surface area contributed by atoms with Crippen LogP contribution in [0, 0.1) is 17.8 Å². The second-order valence-corrected chi connectivity index (χ2v) is 3.82. The summed E-state index contributed by atoms with van der Waals surface area (Å²) in [6, 6.07) is 0. The molecule has 0 saturated heterocycles. The van der Waals surface area contributed by atoms with E-state index in [9.17, 15) is 0 Å². The zero-order valence-electron chi connectivity index (χ0n) is 7.59. The Morgan fingerprint density at radius 1 is 1.10 bits per heavy atom. The molecule has 0 aromatic carbocycles. The Kier molecular flexibility index (Phi) is 4.71. The lowest BCUT2D eigenvalue weighted by atomic mass is 9.88. The van der Waals surface area contributed by atoms with Crippen LogP contribution in [0.5, 0.6) is 0 Å². The minimum Gasteiger partial charge on any atom is -0.396 e. The average molecular weight is 144 g/mol. The highest BCUT2D eigenvalue weighted by Gasteiger charge is 2.12. The van der Waals surface area contributed by atoms with Gasteiger partial charge >= 0.3 is 0 Å². The van der Waals surface area contributed by atoms with Crippen LogP contribution in [-0.4, -0.2) is 11.7 Å². The molecule has 0 aliphatic heterocycles. The smallest absolute Gasteiger partial charge is 0.0461 e. The Labute approximate surface area is 64.5 Å². The SMILES string of the molecule is CC(C)CC(CO)C(C)C. The molecule has 0 aliphatic carbocycles. The summed E-state index contributed by atoms with van der Waals surface area (Å²) in [5.74, 6) is 1.83. The summed E-state index contributed by atoms with van der Waals surface area (Å²) in [7, 11) is 0. The number of hydrogen-bond acceptors (Lipinski definition) is 1. The van der Waals surface area contributed by atoms with E-state index in [1.54, 1.807) is 0 Å². The van der Waals surface area contributed by atoms with Crippen LogP contribution in [-0.2, 0) is 0 Å². The fourth-order valence-electron chi connectivity index (χ4n) is 1.16. The summed E-state index contributed by atoms with van der Waals surface area (Å²) in [4.78, 5) is 0. The summed E-state index contributed by atoms with van der Waals surface area (Å²) in [6.45, 7) is 9.08. The highest BCUT2D eigenvalue weighted by molar-refractivity contribution is 4.63. The van der Waals surface area contributed by atoms with Gasteiger partial charge in [0.1, 0.15) is 0 Å². The summed E-state index contributed by atoms with van der Waals surface area (Å²) in [6.07, 6.45) is 1.15. The molecular weight excluding hydrogens is 124 g/mol. The van der Waals surface area contributed by atoms with Crippen molar-refractivity contribution < 1.29 is 5.11 Å². The number of aliphatic hydroxyl groups is 1. The van der Waals surface area contributed by atoms with Crippen molar-refractivity contribution in [2.45, 2.75) is 34.1 Å². The molecular formula is C9H20O. The molecule has 1 N–H and O–H groups in total. The van der Waals surface area contributed by atoms with Crippen LogP contribution < -0.4 is 0 Å². The largest absolute Gasteiger partial charge is 0.396 e. The minimum atomic E-state index is 0.343. The van der Waals surface area contributed by atoms with Gasteiger partial charge in [-0.3, -0.25) is 0 Å². The molecule has 62 valence electrons. The van der Waals surface area contributed by atoms with E-state index >= 15 is 0 Å². The third kappa shape index (κ3) is 3.89. The zero-order chi connectivity index (χ0) is 8.15. The first kappa shape index (κ1) is 9.96. The molecule has 0 rings (SSSR count). The molecule has 1 heteroatoms. The van der Waals surface area contributed by atoms with Gasteiger partial charge in [-0.1, -0.05) is 27.7 Å². The van der Waals surface area contributed by atoms with E-state index in [1.807, 2.05) is 0 Å². The Balaban J connectivity index is 3.60. The van der Waals surface area contributed by atoms with Crippen LogP contribution >= 0.6 is 0 Å². The van der Waals surface area contributed by atoms with Crippen LogP contribution in [0.25, 0.3) is 0 Å². The Morgan fingerprint density at radius 2 is 1.60 bits per heavy atom. The van der Waals surface area contributed by atoms with Crippen LogP contribution in [0.2, 0.25) is 0 Å². The third-order valence-corrected chi connectivity index (χ3v) is 1.95. The molecule has 1 nitrogen and oxygen atoms in total. The molecule has 1 unspecified atom stereocenters. The molecule has 0 amide bonds. The Bertz CT molecular complexity index is 76.8. The molecule has 0 heterocycles. The van der Waals surface area contributed by atoms with Crippen LogP contribution in [0.15, 0.2) is 0 Å². The molecule has 0 bridgehead atoms. The predicted octanol–water partition coefficient (Wildman–Crippen LogP) is 2.30. The van der Waals surface area contributed by atoms with Gasteiger partial charge in [-0.2, -0.15) is 0 Å². The first-order valence-corrected chi connectivity index (χ1v) is 4.18. The average Bonchev–Trinajstić information content (AvgIpc) is 1.81. The van der Waals surface area contributed by atoms with Crippen molar-refractivity contribution in [3.8, 4) is 0 Å². The van der Waals surface area contributed by atoms with E-state index in [-0.39, 0.29) is 0 Å². The summed E-state index contributed by atoms with van der Waals surface area (Å²) < 4.78 is 0. The summed E-state index contributed by atoms with van der Waals surface area (Å²) in [5, 5.41) is 8.95. The number of hydrogen-bond donors (Lipinski definition) is 1. The van der Waals surface area contributed by atoms with Crippen molar-refractivity contribution in [3.05, 3.63) is 0 Å². The lowest BCUT2D eigenvalue weighted by Gasteiger charge is -2.19. The van der Waals surface area contributed by atoms with Crippen LogP contribution in [0.4, 0.5) is 0 Å². The van der Waals surface area contributed by atoms with Gasteiger partial charge in [-0.25, -0.2) is 0 Å². The molecule has 0 fully saturated rings. The van der Waals surface area contributed by atoms with Crippen molar-refractivity contribution in [3.63, 3.8) is 0 Å². The first-order chi connectivity index (χ1) is 4.57. The van der Waals surface area contributed by atoms with Crippen LogP contribution in [0.1, 0.15) is 34.1 Å². The van der Waals surface area contributed by atoms with Crippen molar-refractivity contribution >= 4 is 0 Å². The van der Waals surface area contributed by atoms with E-state index in [1.165, 1.54) is 0 Å². The first-order valence-electron chi connectivity index (χ1n) is 4.18. The van der Waals surface area contributed by atoms with E-state index in [4.69, 9.17) is 5.11 Å². The molecule has 0 saturated carbocycles. The lowest BCUT2D eigenvalue weighted by Crippen LogP contribution is -2.15. The maximum absolute atomic E-state index is 8.95. The lowest BCUT2D eigenvalue weighted by molar-refractivity contribution is 0.168. The summed E-state index contributed by atoms with van der Waals surface area (Å²) >= 11 is 0. The maximum atomic E-state index is 8.95. The molecule has 0 spiro atoms. The maximum Gasteiger partial charge on any atom is 0.0461 e. The fourth-order valence-corrected chi connectivity index (χ4v) is 1.16. The highest BCUT2D eigenvalue weighted by Crippen LogP contribution is 2.18. The number of aliphatic hydroxyl groups excluding tert-OH is 1. The van der Waals surface area contributed by atoms with Crippen molar-refractivity contribution in [2.24, 2.45) is 17.8 Å². The van der Waals surface area contributed by atoms with E-state index in [0.29, 0.717) is 24.4 Å². The molecule has 0 radical (unpaired) electrons. The standard InChI is InChI=1S/C9H20O/c1-7(2)5-9(6-10)8(3)4/h7-10H,5-6H2,1-4H3. The number of rotatable bonds is 4. The van der Waals surface area contributed by atoms with Gasteiger partial charge in [0.2, 0.25) is 0 Å². The second-order valence-electron chi connectivity index (χ2n) is 3.82. The normalized spacial score (nSPS) is 14.7. The van der Waals surface area contributed by atoms with Crippen molar-refractivity contribution in [1.29, 1.82) is 0 Å². The summed E-state index contributed by atoms with van der Waals surface area (Å²) in [5.41, 5.74) is 0. The van der Waals surface area contributed by atoms with Gasteiger partial charge in [0, 0.05) is 6.61 Å². The second kappa shape index (κ2) is 4.73. The predicted molar refractivity (Wildman–Crippen MR) is 44.9 cm³/mol. The topological polar surface area (TPSA) is 20.2 Å². The van der Waals surface area contributed by atoms with Crippen molar-refractivity contribution in [1.82, 2.24) is 0 Å². The molecule has 10 heavy (non-hydrogen) atoms. The molecule has 0 aromatic rings. The van der Waals surface area contributed by atoms with E-state index < -0.39 is 0 Å². The third-order valence-electron chi connectivity index (χ3n) is 1.95. The zero-order valence-corrected chi connectivity index (χ0v) is 7.59. The molecule has 0 aromatic heterocycles. The van der Waals surface area contributed by atoms with Gasteiger partial charge in [-0.15, -0.1) is 0 Å². The molecule has 1 atom stereocenters. The van der Waals surface area contributed by atoms with Crippen LogP contribution in [0.3, 0.4) is 0 Å². The minimum absolute atomic E-state index is 0.343. The Hall–Kier alpha value is -0.0400. The van der Waals surface area contributed by atoms with Gasteiger partial charge in [-0.05, 0) is 24.2 Å². The van der Waals surface area contributed by atoms with Crippen molar-refractivity contribution in [2.75, 3.05) is 6.61 Å². The quantitative estimate of drug-likeness (QED) is 0.642. The van der Waals surface area contributed by atoms with Gasteiger partial charge in [0.25, 0.3) is 0 Å². The monoisotopic (exact) mass is 144 g/mol. The molecule has 0 aliphatic rings. The van der Waals surface area contributed by atoms with Gasteiger partial charge in [0.15, 0.2) is 0 Å². The van der Waals surface area contributed by atoms with Gasteiger partial charge in [0.05, 0.1) is 0 Å².